The molecule has 0 aromatic carbocycles. The summed E-state index contributed by atoms with van der Waals surface area (Å²) in [5.74, 6) is 0.372. The number of carbonyl (C=O) groups is 1. The SMILES string of the molecule is CCN(CC)C(=O)c1cc(OC)no1. The largest absolute Gasteiger partial charge is 0.479 e. The van der Waals surface area contributed by atoms with Gasteiger partial charge in [0.05, 0.1) is 13.2 Å². The van der Waals surface area contributed by atoms with Gasteiger partial charge in [-0.3, -0.25) is 4.79 Å². The molecule has 1 heterocycles. The van der Waals surface area contributed by atoms with E-state index < -0.39 is 0 Å². The van der Waals surface area contributed by atoms with E-state index in [1.165, 1.54) is 13.2 Å². The van der Waals surface area contributed by atoms with Crippen molar-refractivity contribution in [2.45, 2.75) is 13.8 Å². The number of hydrogen-bond donors (Lipinski definition) is 0. The Balaban J connectivity index is 2.77. The van der Waals surface area contributed by atoms with E-state index in [1.807, 2.05) is 13.8 Å². The van der Waals surface area contributed by atoms with Crippen molar-refractivity contribution in [1.82, 2.24) is 10.1 Å². The lowest BCUT2D eigenvalue weighted by molar-refractivity contribution is 0.0731. The third-order valence-corrected chi connectivity index (χ3v) is 1.96. The summed E-state index contributed by atoms with van der Waals surface area (Å²) in [4.78, 5) is 13.3. The van der Waals surface area contributed by atoms with Gasteiger partial charge in [0.1, 0.15) is 0 Å². The molecule has 0 unspecified atom stereocenters. The van der Waals surface area contributed by atoms with Gasteiger partial charge in [-0.1, -0.05) is 0 Å². The quantitative estimate of drug-likeness (QED) is 0.728. The van der Waals surface area contributed by atoms with Crippen molar-refractivity contribution < 1.29 is 14.1 Å². The topological polar surface area (TPSA) is 55.6 Å². The van der Waals surface area contributed by atoms with Crippen LogP contribution in [-0.2, 0) is 0 Å². The maximum absolute atomic E-state index is 11.7. The maximum Gasteiger partial charge on any atom is 0.292 e. The van der Waals surface area contributed by atoms with Gasteiger partial charge in [0.15, 0.2) is 0 Å². The third-order valence-electron chi connectivity index (χ3n) is 1.96. The number of ether oxygens (including phenoxy) is 1. The number of carbonyl (C=O) groups excluding carboxylic acids is 1. The highest BCUT2D eigenvalue weighted by Gasteiger charge is 2.17. The van der Waals surface area contributed by atoms with E-state index in [0.717, 1.165) is 0 Å². The number of methoxy groups -OCH3 is 1. The standard InChI is InChI=1S/C9H14N2O3/c1-4-11(5-2)9(12)7-6-8(13-3)10-14-7/h6H,4-5H2,1-3H3. The molecule has 14 heavy (non-hydrogen) atoms. The van der Waals surface area contributed by atoms with Crippen molar-refractivity contribution in [2.24, 2.45) is 0 Å². The lowest BCUT2D eigenvalue weighted by Gasteiger charge is -2.15. The lowest BCUT2D eigenvalue weighted by Crippen LogP contribution is -2.30. The molecule has 5 nitrogen and oxygen atoms in total. The first-order valence-electron chi connectivity index (χ1n) is 4.52. The van der Waals surface area contributed by atoms with Crippen molar-refractivity contribution >= 4 is 5.91 Å². The molecule has 0 aliphatic heterocycles. The van der Waals surface area contributed by atoms with Crippen LogP contribution in [0.5, 0.6) is 5.88 Å². The van der Waals surface area contributed by atoms with Crippen LogP contribution < -0.4 is 4.74 Å². The predicted octanol–water partition coefficient (Wildman–Crippen LogP) is 1.17. The zero-order valence-corrected chi connectivity index (χ0v) is 8.61. The minimum absolute atomic E-state index is 0.161. The average molecular weight is 198 g/mol. The second-order valence-corrected chi connectivity index (χ2v) is 2.71. The summed E-state index contributed by atoms with van der Waals surface area (Å²) in [6, 6.07) is 1.49. The molecule has 0 N–H and O–H groups in total. The van der Waals surface area contributed by atoms with E-state index in [2.05, 4.69) is 5.16 Å². The highest BCUT2D eigenvalue weighted by molar-refractivity contribution is 5.91. The maximum atomic E-state index is 11.7. The van der Waals surface area contributed by atoms with Crippen LogP contribution in [0.4, 0.5) is 0 Å². The molecule has 5 heteroatoms. The van der Waals surface area contributed by atoms with Crippen molar-refractivity contribution in [3.8, 4) is 5.88 Å². The highest BCUT2D eigenvalue weighted by atomic mass is 16.5. The summed E-state index contributed by atoms with van der Waals surface area (Å²) in [7, 11) is 1.48. The fraction of sp³-hybridized carbons (Fsp3) is 0.556. The van der Waals surface area contributed by atoms with Crippen LogP contribution in [0, 0.1) is 0 Å². The molecule has 0 aliphatic rings. The zero-order valence-electron chi connectivity index (χ0n) is 8.61. The van der Waals surface area contributed by atoms with Gasteiger partial charge >= 0.3 is 0 Å². The van der Waals surface area contributed by atoms with Gasteiger partial charge in [0.25, 0.3) is 11.8 Å². The fourth-order valence-corrected chi connectivity index (χ4v) is 1.12. The second kappa shape index (κ2) is 4.64. The van der Waals surface area contributed by atoms with Gasteiger partial charge < -0.3 is 14.2 Å². The van der Waals surface area contributed by atoms with Crippen LogP contribution in [0.25, 0.3) is 0 Å². The second-order valence-electron chi connectivity index (χ2n) is 2.71. The molecule has 0 spiro atoms. The van der Waals surface area contributed by atoms with E-state index in [0.29, 0.717) is 19.0 Å². The first-order chi connectivity index (χ1) is 6.72. The van der Waals surface area contributed by atoms with E-state index in [4.69, 9.17) is 9.26 Å². The zero-order chi connectivity index (χ0) is 10.6. The summed E-state index contributed by atoms with van der Waals surface area (Å²) >= 11 is 0. The molecule has 1 aromatic rings. The molecule has 0 bridgehead atoms. The number of aromatic nitrogens is 1. The van der Waals surface area contributed by atoms with Crippen molar-refractivity contribution in [2.75, 3.05) is 20.2 Å². The van der Waals surface area contributed by atoms with Crippen LogP contribution >= 0.6 is 0 Å². The van der Waals surface area contributed by atoms with Gasteiger partial charge in [0, 0.05) is 13.1 Å². The molecule has 0 radical (unpaired) electrons. The Hall–Kier alpha value is -1.52. The monoisotopic (exact) mass is 198 g/mol. The Labute approximate surface area is 82.6 Å². The first kappa shape index (κ1) is 10.6. The number of hydrogen-bond acceptors (Lipinski definition) is 4. The van der Waals surface area contributed by atoms with Crippen molar-refractivity contribution in [3.05, 3.63) is 11.8 Å². The lowest BCUT2D eigenvalue weighted by atomic mass is 10.3. The van der Waals surface area contributed by atoms with Gasteiger partial charge in [-0.2, -0.15) is 0 Å². The molecule has 0 saturated heterocycles. The van der Waals surface area contributed by atoms with Crippen molar-refractivity contribution in [3.63, 3.8) is 0 Å². The minimum Gasteiger partial charge on any atom is -0.479 e. The van der Waals surface area contributed by atoms with Gasteiger partial charge in [0.2, 0.25) is 5.76 Å². The number of rotatable bonds is 4. The molecular weight excluding hydrogens is 184 g/mol. The molecule has 1 amide bonds. The van der Waals surface area contributed by atoms with Gasteiger partial charge in [-0.25, -0.2) is 0 Å². The fourth-order valence-electron chi connectivity index (χ4n) is 1.12. The van der Waals surface area contributed by atoms with Crippen LogP contribution in [0.15, 0.2) is 10.6 Å². The van der Waals surface area contributed by atoms with E-state index in [9.17, 15) is 4.79 Å². The Bertz CT molecular complexity index is 305. The summed E-state index contributed by atoms with van der Waals surface area (Å²) < 4.78 is 9.65. The Morgan fingerprint density at radius 3 is 2.64 bits per heavy atom. The van der Waals surface area contributed by atoms with Crippen LogP contribution in [0.2, 0.25) is 0 Å². The van der Waals surface area contributed by atoms with E-state index in [-0.39, 0.29) is 11.7 Å². The first-order valence-corrected chi connectivity index (χ1v) is 4.52. The van der Waals surface area contributed by atoms with Gasteiger partial charge in [-0.05, 0) is 19.0 Å². The Morgan fingerprint density at radius 2 is 2.21 bits per heavy atom. The molecular formula is C9H14N2O3. The minimum atomic E-state index is -0.161. The van der Waals surface area contributed by atoms with Gasteiger partial charge in [-0.15, -0.1) is 0 Å². The average Bonchev–Trinajstić information content (AvgIpc) is 2.67. The number of nitrogens with zero attached hydrogens (tertiary/aromatic N) is 2. The Morgan fingerprint density at radius 1 is 1.57 bits per heavy atom. The molecule has 78 valence electrons. The summed E-state index contributed by atoms with van der Waals surface area (Å²) in [5, 5.41) is 3.56. The summed E-state index contributed by atoms with van der Waals surface area (Å²) in [5.41, 5.74) is 0. The smallest absolute Gasteiger partial charge is 0.292 e. The van der Waals surface area contributed by atoms with E-state index in [1.54, 1.807) is 4.90 Å². The van der Waals surface area contributed by atoms with Crippen LogP contribution in [0.3, 0.4) is 0 Å². The molecule has 0 saturated carbocycles. The molecule has 0 aliphatic carbocycles. The summed E-state index contributed by atoms with van der Waals surface area (Å²) in [6.45, 7) is 5.13. The Kier molecular flexibility index (Phi) is 3.50. The van der Waals surface area contributed by atoms with Crippen LogP contribution in [0.1, 0.15) is 24.4 Å². The highest BCUT2D eigenvalue weighted by Crippen LogP contribution is 2.12. The van der Waals surface area contributed by atoms with E-state index >= 15 is 0 Å². The normalized spacial score (nSPS) is 9.93. The van der Waals surface area contributed by atoms with Crippen LogP contribution in [-0.4, -0.2) is 36.2 Å². The molecule has 1 rings (SSSR count). The third kappa shape index (κ3) is 2.04. The predicted molar refractivity (Wildman–Crippen MR) is 50.3 cm³/mol. The molecule has 0 fully saturated rings. The summed E-state index contributed by atoms with van der Waals surface area (Å²) in [6.07, 6.45) is 0. The number of amides is 1. The molecule has 1 aromatic heterocycles. The van der Waals surface area contributed by atoms with Crippen molar-refractivity contribution in [1.29, 1.82) is 0 Å². The molecule has 0 atom stereocenters.